The van der Waals surface area contributed by atoms with Gasteiger partial charge >= 0.3 is 0 Å². The number of hydrogen-bond donors (Lipinski definition) is 0. The normalized spacial score (nSPS) is 17.6. The van der Waals surface area contributed by atoms with Gasteiger partial charge in [0.2, 0.25) is 10.0 Å². The third-order valence-corrected chi connectivity index (χ3v) is 6.91. The van der Waals surface area contributed by atoms with Crippen molar-refractivity contribution in [2.24, 2.45) is 0 Å². The van der Waals surface area contributed by atoms with E-state index < -0.39 is 10.0 Å². The minimum Gasteiger partial charge on any atom is -0.249 e. The van der Waals surface area contributed by atoms with Gasteiger partial charge in [-0.3, -0.25) is 0 Å². The minimum absolute atomic E-state index is 0.229. The molecule has 1 aliphatic rings. The summed E-state index contributed by atoms with van der Waals surface area (Å²) in [5.41, 5.74) is 1.96. The Hall–Kier alpha value is -1.25. The number of unbranched alkanes of at least 4 members (excludes halogenated alkanes) is 1. The van der Waals surface area contributed by atoms with Crippen molar-refractivity contribution < 1.29 is 8.42 Å². The lowest BCUT2D eigenvalue weighted by Gasteiger charge is -2.31. The predicted octanol–water partition coefficient (Wildman–Crippen LogP) is 2.77. The van der Waals surface area contributed by atoms with Crippen LogP contribution in [0.25, 0.3) is 11.3 Å². The molecule has 3 heterocycles. The molecule has 23 heavy (non-hydrogen) atoms. The first-order valence-electron chi connectivity index (χ1n) is 8.02. The summed E-state index contributed by atoms with van der Waals surface area (Å²) >= 11 is 1.64. The van der Waals surface area contributed by atoms with Gasteiger partial charge in [0.05, 0.1) is 18.0 Å². The summed E-state index contributed by atoms with van der Waals surface area (Å²) in [5.74, 6) is 0.264. The predicted molar refractivity (Wildman–Crippen MR) is 91.9 cm³/mol. The summed E-state index contributed by atoms with van der Waals surface area (Å²) in [6.07, 6.45) is 5.18. The Balaban J connectivity index is 1.61. The van der Waals surface area contributed by atoms with Gasteiger partial charge in [-0.1, -0.05) is 18.6 Å². The van der Waals surface area contributed by atoms with E-state index in [1.54, 1.807) is 15.6 Å². The maximum absolute atomic E-state index is 12.2. The molecule has 2 aromatic heterocycles. The third kappa shape index (κ3) is 3.81. The van der Waals surface area contributed by atoms with Crippen molar-refractivity contribution in [2.75, 3.05) is 18.8 Å². The van der Waals surface area contributed by atoms with Crippen LogP contribution in [0.3, 0.4) is 0 Å². The van der Waals surface area contributed by atoms with Crippen molar-refractivity contribution >= 4 is 21.4 Å². The molecule has 0 aliphatic carbocycles. The fourth-order valence-corrected chi connectivity index (χ4v) is 5.17. The second-order valence-corrected chi connectivity index (χ2v) is 8.76. The molecule has 2 aromatic rings. The lowest BCUT2D eigenvalue weighted by atomic mass is 10.1. The van der Waals surface area contributed by atoms with Gasteiger partial charge in [0.15, 0.2) is 0 Å². The van der Waals surface area contributed by atoms with Crippen LogP contribution in [0.5, 0.6) is 0 Å². The smallest absolute Gasteiger partial charge is 0.214 e. The van der Waals surface area contributed by atoms with Crippen LogP contribution < -0.4 is 0 Å². The van der Waals surface area contributed by atoms with Gasteiger partial charge in [-0.05, 0) is 30.7 Å². The van der Waals surface area contributed by atoms with Crippen LogP contribution in [0.2, 0.25) is 0 Å². The van der Waals surface area contributed by atoms with Crippen LogP contribution in [0.15, 0.2) is 23.0 Å². The SMILES string of the molecule is CCCCS(=O)(=O)N1CCC(n2cc(-c3ccsc3)nn2)CC1. The molecule has 0 aromatic carbocycles. The molecule has 0 bridgehead atoms. The van der Waals surface area contributed by atoms with Crippen molar-refractivity contribution in [3.05, 3.63) is 23.0 Å². The maximum Gasteiger partial charge on any atom is 0.214 e. The van der Waals surface area contributed by atoms with E-state index in [-0.39, 0.29) is 11.8 Å². The molecular weight excluding hydrogens is 332 g/mol. The highest BCUT2D eigenvalue weighted by molar-refractivity contribution is 7.89. The number of nitrogens with zero attached hydrogens (tertiary/aromatic N) is 4. The van der Waals surface area contributed by atoms with Gasteiger partial charge in [0.25, 0.3) is 0 Å². The summed E-state index contributed by atoms with van der Waals surface area (Å²) in [5, 5.41) is 12.5. The quantitative estimate of drug-likeness (QED) is 0.800. The molecule has 1 fully saturated rings. The number of hydrogen-bond acceptors (Lipinski definition) is 5. The Labute approximate surface area is 141 Å². The Morgan fingerprint density at radius 1 is 1.35 bits per heavy atom. The number of rotatable bonds is 6. The van der Waals surface area contributed by atoms with Crippen LogP contribution in [-0.4, -0.2) is 46.6 Å². The summed E-state index contributed by atoms with van der Waals surface area (Å²) in [7, 11) is -3.09. The van der Waals surface area contributed by atoms with Crippen molar-refractivity contribution in [3.63, 3.8) is 0 Å². The highest BCUT2D eigenvalue weighted by Crippen LogP contribution is 2.26. The monoisotopic (exact) mass is 354 g/mol. The fourth-order valence-electron chi connectivity index (χ4n) is 2.84. The number of sulfonamides is 1. The van der Waals surface area contributed by atoms with Crippen LogP contribution in [0, 0.1) is 0 Å². The molecule has 0 radical (unpaired) electrons. The molecule has 0 N–H and O–H groups in total. The van der Waals surface area contributed by atoms with Crippen LogP contribution in [-0.2, 0) is 10.0 Å². The van der Waals surface area contributed by atoms with E-state index in [2.05, 4.69) is 15.7 Å². The molecule has 0 amide bonds. The Kier molecular flexibility index (Phi) is 5.13. The average molecular weight is 355 g/mol. The van der Waals surface area contributed by atoms with E-state index in [0.29, 0.717) is 13.1 Å². The lowest BCUT2D eigenvalue weighted by Crippen LogP contribution is -2.40. The average Bonchev–Trinajstić information content (AvgIpc) is 3.24. The van der Waals surface area contributed by atoms with E-state index in [1.807, 2.05) is 29.2 Å². The van der Waals surface area contributed by atoms with Gasteiger partial charge < -0.3 is 0 Å². The Bertz CT molecular complexity index is 717. The van der Waals surface area contributed by atoms with Crippen molar-refractivity contribution in [3.8, 4) is 11.3 Å². The standard InChI is InChI=1S/C15H22N4O2S2/c1-2-3-10-23(20,21)18-7-4-14(5-8-18)19-11-15(16-17-19)13-6-9-22-12-13/h6,9,11-12,14H,2-5,7-8,10H2,1H3. The molecule has 1 aliphatic heterocycles. The number of piperidine rings is 1. The first-order chi connectivity index (χ1) is 11.1. The topological polar surface area (TPSA) is 68.1 Å². The first kappa shape index (κ1) is 16.6. The zero-order valence-corrected chi connectivity index (χ0v) is 14.9. The maximum atomic E-state index is 12.2. The second kappa shape index (κ2) is 7.11. The van der Waals surface area contributed by atoms with Crippen molar-refractivity contribution in [1.29, 1.82) is 0 Å². The zero-order valence-electron chi connectivity index (χ0n) is 13.3. The summed E-state index contributed by atoms with van der Waals surface area (Å²) in [6.45, 7) is 3.16. The largest absolute Gasteiger partial charge is 0.249 e. The summed E-state index contributed by atoms with van der Waals surface area (Å²) < 4.78 is 28.0. The highest BCUT2D eigenvalue weighted by Gasteiger charge is 2.28. The summed E-state index contributed by atoms with van der Waals surface area (Å²) in [4.78, 5) is 0. The van der Waals surface area contributed by atoms with E-state index in [0.717, 1.165) is 36.9 Å². The molecule has 0 unspecified atom stereocenters. The van der Waals surface area contributed by atoms with Gasteiger partial charge in [-0.15, -0.1) is 5.10 Å². The number of aromatic nitrogens is 3. The van der Waals surface area contributed by atoms with Crippen LogP contribution >= 0.6 is 11.3 Å². The Morgan fingerprint density at radius 3 is 2.78 bits per heavy atom. The van der Waals surface area contributed by atoms with E-state index in [9.17, 15) is 8.42 Å². The lowest BCUT2D eigenvalue weighted by molar-refractivity contribution is 0.258. The fraction of sp³-hybridized carbons (Fsp3) is 0.600. The molecule has 3 rings (SSSR count). The molecular formula is C15H22N4O2S2. The van der Waals surface area contributed by atoms with Crippen LogP contribution in [0.4, 0.5) is 0 Å². The molecule has 126 valence electrons. The highest BCUT2D eigenvalue weighted by atomic mass is 32.2. The molecule has 8 heteroatoms. The molecule has 6 nitrogen and oxygen atoms in total. The van der Waals surface area contributed by atoms with Crippen molar-refractivity contribution in [2.45, 2.75) is 38.6 Å². The van der Waals surface area contributed by atoms with E-state index in [1.165, 1.54) is 0 Å². The van der Waals surface area contributed by atoms with Gasteiger partial charge in [0, 0.05) is 24.0 Å². The van der Waals surface area contributed by atoms with Gasteiger partial charge in [-0.2, -0.15) is 11.3 Å². The van der Waals surface area contributed by atoms with Crippen molar-refractivity contribution in [1.82, 2.24) is 19.3 Å². The first-order valence-corrected chi connectivity index (χ1v) is 10.6. The minimum atomic E-state index is -3.09. The molecule has 0 atom stereocenters. The molecule has 0 saturated carbocycles. The molecule has 0 spiro atoms. The summed E-state index contributed by atoms with van der Waals surface area (Å²) in [6, 6.07) is 2.26. The molecule has 1 saturated heterocycles. The zero-order chi connectivity index (χ0) is 16.3. The second-order valence-electron chi connectivity index (χ2n) is 5.90. The van der Waals surface area contributed by atoms with E-state index in [4.69, 9.17) is 0 Å². The third-order valence-electron chi connectivity index (χ3n) is 4.27. The van der Waals surface area contributed by atoms with Gasteiger partial charge in [0.1, 0.15) is 5.69 Å². The Morgan fingerprint density at radius 2 is 2.13 bits per heavy atom. The number of thiophene rings is 1. The van der Waals surface area contributed by atoms with Crippen LogP contribution in [0.1, 0.15) is 38.6 Å². The van der Waals surface area contributed by atoms with Gasteiger partial charge in [-0.25, -0.2) is 17.4 Å². The van der Waals surface area contributed by atoms with E-state index >= 15 is 0 Å².